The molecule has 1 atom stereocenters. The Kier molecular flexibility index (Phi) is 5.49. The Morgan fingerprint density at radius 2 is 1.93 bits per heavy atom. The van der Waals surface area contributed by atoms with Gasteiger partial charge >= 0.3 is 5.97 Å². The summed E-state index contributed by atoms with van der Waals surface area (Å²) in [4.78, 5) is 24.5. The third-order valence-corrected chi connectivity index (χ3v) is 4.29. The number of aryl methyl sites for hydroxylation is 2. The molecule has 1 N–H and O–H groups in total. The van der Waals surface area contributed by atoms with Crippen molar-refractivity contribution in [2.24, 2.45) is 0 Å². The number of hydrogen-bond acceptors (Lipinski definition) is 5. The Bertz CT molecular complexity index is 963. The van der Waals surface area contributed by atoms with Gasteiger partial charge in [0.05, 0.1) is 11.1 Å². The van der Waals surface area contributed by atoms with Gasteiger partial charge in [0, 0.05) is 13.1 Å². The molecule has 1 amide bonds. The molecule has 7 heteroatoms. The first-order valence-corrected chi connectivity index (χ1v) is 8.85. The third kappa shape index (κ3) is 4.31. The number of nitrogens with one attached hydrogen (secondary N) is 1. The van der Waals surface area contributed by atoms with E-state index < -0.39 is 12.1 Å². The van der Waals surface area contributed by atoms with Crippen molar-refractivity contribution >= 4 is 22.9 Å². The topological polar surface area (TPSA) is 86.1 Å². The molecule has 0 saturated carbocycles. The number of carbonyl (C=O) groups excluding carboxylic acids is 2. The van der Waals surface area contributed by atoms with Crippen LogP contribution < -0.4 is 5.32 Å². The normalized spacial score (nSPS) is 12.0. The van der Waals surface area contributed by atoms with E-state index in [0.717, 1.165) is 16.6 Å². The summed E-state index contributed by atoms with van der Waals surface area (Å²) in [5, 5.41) is 10.8. The molecule has 0 unspecified atom stereocenters. The molecule has 3 aromatic rings. The highest BCUT2D eigenvalue weighted by Crippen LogP contribution is 2.15. The molecule has 3 rings (SSSR count). The number of esters is 1. The lowest BCUT2D eigenvalue weighted by molar-refractivity contribution is -0.129. The summed E-state index contributed by atoms with van der Waals surface area (Å²) >= 11 is 0. The van der Waals surface area contributed by atoms with Crippen molar-refractivity contribution in [1.29, 1.82) is 0 Å². The molecule has 0 fully saturated rings. The monoisotopic (exact) mass is 366 g/mol. The molecule has 1 heterocycles. The number of nitrogens with zero attached hydrogens (tertiary/aromatic N) is 3. The molecule has 0 aliphatic heterocycles. The molecule has 27 heavy (non-hydrogen) atoms. The van der Waals surface area contributed by atoms with Crippen LogP contribution in [-0.4, -0.2) is 33.0 Å². The van der Waals surface area contributed by atoms with Gasteiger partial charge < -0.3 is 10.1 Å². The van der Waals surface area contributed by atoms with Crippen molar-refractivity contribution < 1.29 is 14.3 Å². The van der Waals surface area contributed by atoms with E-state index in [0.29, 0.717) is 24.2 Å². The predicted molar refractivity (Wildman–Crippen MR) is 101 cm³/mol. The smallest absolute Gasteiger partial charge is 0.338 e. The first kappa shape index (κ1) is 18.6. The fraction of sp³-hybridized carbons (Fsp3) is 0.300. The van der Waals surface area contributed by atoms with Gasteiger partial charge in [0.2, 0.25) is 0 Å². The average Bonchev–Trinajstić information content (AvgIpc) is 3.09. The highest BCUT2D eigenvalue weighted by molar-refractivity contribution is 5.95. The Morgan fingerprint density at radius 1 is 1.19 bits per heavy atom. The van der Waals surface area contributed by atoms with Gasteiger partial charge in [-0.05, 0) is 44.5 Å². The molecule has 0 spiro atoms. The summed E-state index contributed by atoms with van der Waals surface area (Å²) in [6.07, 6.45) is -0.898. The van der Waals surface area contributed by atoms with Gasteiger partial charge in [-0.3, -0.25) is 4.79 Å². The molecule has 0 aliphatic rings. The van der Waals surface area contributed by atoms with Crippen LogP contribution in [0, 0.1) is 6.92 Å². The van der Waals surface area contributed by atoms with E-state index in [1.807, 2.05) is 38.1 Å². The molecule has 1 aromatic heterocycles. The maximum absolute atomic E-state index is 12.3. The van der Waals surface area contributed by atoms with E-state index in [-0.39, 0.29) is 5.91 Å². The lowest BCUT2D eigenvalue weighted by Gasteiger charge is -2.13. The third-order valence-electron chi connectivity index (χ3n) is 4.29. The van der Waals surface area contributed by atoms with Crippen LogP contribution in [0.4, 0.5) is 0 Å². The zero-order valence-corrected chi connectivity index (χ0v) is 15.6. The molecular formula is C20H22N4O3. The quantitative estimate of drug-likeness (QED) is 0.678. The van der Waals surface area contributed by atoms with Crippen LogP contribution in [0.2, 0.25) is 0 Å². The Labute approximate surface area is 157 Å². The number of aromatic nitrogens is 3. The summed E-state index contributed by atoms with van der Waals surface area (Å²) in [5.74, 6) is -0.914. The minimum Gasteiger partial charge on any atom is -0.449 e. The van der Waals surface area contributed by atoms with Crippen molar-refractivity contribution in [1.82, 2.24) is 20.3 Å². The second-order valence-corrected chi connectivity index (χ2v) is 6.36. The van der Waals surface area contributed by atoms with Gasteiger partial charge in [0.25, 0.3) is 5.91 Å². The number of fused-ring (bicyclic) bond motifs is 1. The molecule has 0 bridgehead atoms. The average molecular weight is 366 g/mol. The second kappa shape index (κ2) is 7.99. The number of hydrogen-bond donors (Lipinski definition) is 1. The number of rotatable bonds is 6. The molecular weight excluding hydrogens is 344 g/mol. The Balaban J connectivity index is 1.59. The number of amides is 1. The van der Waals surface area contributed by atoms with E-state index in [1.54, 1.807) is 29.8 Å². The lowest BCUT2D eigenvalue weighted by Crippen LogP contribution is -2.35. The van der Waals surface area contributed by atoms with Crippen LogP contribution in [0.1, 0.15) is 35.3 Å². The van der Waals surface area contributed by atoms with E-state index in [1.165, 1.54) is 0 Å². The fourth-order valence-electron chi connectivity index (χ4n) is 2.65. The van der Waals surface area contributed by atoms with Crippen LogP contribution in [-0.2, 0) is 22.6 Å². The van der Waals surface area contributed by atoms with Gasteiger partial charge in [0.1, 0.15) is 5.52 Å². The van der Waals surface area contributed by atoms with Crippen LogP contribution in [0.5, 0.6) is 0 Å². The molecule has 0 saturated heterocycles. The van der Waals surface area contributed by atoms with Gasteiger partial charge in [-0.15, -0.1) is 5.10 Å². The summed E-state index contributed by atoms with van der Waals surface area (Å²) < 4.78 is 7.02. The largest absolute Gasteiger partial charge is 0.449 e. The Morgan fingerprint density at radius 3 is 2.63 bits per heavy atom. The molecule has 0 radical (unpaired) electrons. The minimum atomic E-state index is -0.898. The van der Waals surface area contributed by atoms with Crippen LogP contribution in [0.25, 0.3) is 11.0 Å². The summed E-state index contributed by atoms with van der Waals surface area (Å²) in [5.41, 5.74) is 3.94. The highest BCUT2D eigenvalue weighted by atomic mass is 16.5. The molecule has 7 nitrogen and oxygen atoms in total. The van der Waals surface area contributed by atoms with Gasteiger partial charge in [0.15, 0.2) is 6.10 Å². The van der Waals surface area contributed by atoms with E-state index in [2.05, 4.69) is 15.6 Å². The summed E-state index contributed by atoms with van der Waals surface area (Å²) in [6, 6.07) is 12.9. The van der Waals surface area contributed by atoms with E-state index in [4.69, 9.17) is 4.74 Å². The molecule has 0 aliphatic carbocycles. The van der Waals surface area contributed by atoms with Crippen molar-refractivity contribution in [3.05, 3.63) is 59.2 Å². The standard InChI is InChI=1S/C20H22N4O3/c1-4-24-18-10-9-16(11-17(18)22-23-24)20(26)27-14(3)19(25)21-12-15-7-5-13(2)6-8-15/h5-11,14H,4,12H2,1-3H3,(H,21,25)/t14-/m1/s1. The summed E-state index contributed by atoms with van der Waals surface area (Å²) in [7, 11) is 0. The zero-order valence-electron chi connectivity index (χ0n) is 15.6. The Hall–Kier alpha value is -3.22. The van der Waals surface area contributed by atoms with E-state index in [9.17, 15) is 9.59 Å². The van der Waals surface area contributed by atoms with Gasteiger partial charge in [-0.1, -0.05) is 35.0 Å². The SMILES string of the molecule is CCn1nnc2cc(C(=O)O[C@H](C)C(=O)NCc3ccc(C)cc3)ccc21. The van der Waals surface area contributed by atoms with Crippen LogP contribution in [0.3, 0.4) is 0 Å². The van der Waals surface area contributed by atoms with Gasteiger partial charge in [-0.25, -0.2) is 9.48 Å². The second-order valence-electron chi connectivity index (χ2n) is 6.36. The molecule has 2 aromatic carbocycles. The van der Waals surface area contributed by atoms with Crippen LogP contribution in [0.15, 0.2) is 42.5 Å². The van der Waals surface area contributed by atoms with Crippen molar-refractivity contribution in [2.75, 3.05) is 0 Å². The first-order chi connectivity index (χ1) is 13.0. The summed E-state index contributed by atoms with van der Waals surface area (Å²) in [6.45, 7) is 6.59. The van der Waals surface area contributed by atoms with Crippen LogP contribution >= 0.6 is 0 Å². The minimum absolute atomic E-state index is 0.337. The van der Waals surface area contributed by atoms with Crippen molar-refractivity contribution in [3.8, 4) is 0 Å². The fourth-order valence-corrected chi connectivity index (χ4v) is 2.65. The van der Waals surface area contributed by atoms with Crippen molar-refractivity contribution in [3.63, 3.8) is 0 Å². The van der Waals surface area contributed by atoms with Gasteiger partial charge in [-0.2, -0.15) is 0 Å². The maximum atomic E-state index is 12.3. The number of ether oxygens (including phenoxy) is 1. The zero-order chi connectivity index (χ0) is 19.4. The molecule has 140 valence electrons. The lowest BCUT2D eigenvalue weighted by atomic mass is 10.1. The van der Waals surface area contributed by atoms with Crippen molar-refractivity contribution in [2.45, 2.75) is 40.0 Å². The predicted octanol–water partition coefficient (Wildman–Crippen LogP) is 2.62. The number of carbonyl (C=O) groups is 2. The maximum Gasteiger partial charge on any atom is 0.338 e. The first-order valence-electron chi connectivity index (χ1n) is 8.85. The van der Waals surface area contributed by atoms with E-state index >= 15 is 0 Å². The number of benzene rings is 2. The highest BCUT2D eigenvalue weighted by Gasteiger charge is 2.19.